The van der Waals surface area contributed by atoms with Gasteiger partial charge in [-0.25, -0.2) is 9.78 Å². The van der Waals surface area contributed by atoms with E-state index < -0.39 is 6.03 Å². The molecule has 8 heteroatoms. The van der Waals surface area contributed by atoms with Crippen LogP contribution in [0.25, 0.3) is 5.65 Å². The van der Waals surface area contributed by atoms with E-state index in [1.54, 1.807) is 34.9 Å². The average Bonchev–Trinajstić information content (AvgIpc) is 3.31. The lowest BCUT2D eigenvalue weighted by atomic mass is 10.1. The molecule has 0 radical (unpaired) electrons. The largest absolute Gasteiger partial charge is 0.363 e. The fourth-order valence-electron chi connectivity index (χ4n) is 2.66. The van der Waals surface area contributed by atoms with Gasteiger partial charge >= 0.3 is 6.03 Å². The highest BCUT2D eigenvalue weighted by atomic mass is 16.5. The second-order valence-electron chi connectivity index (χ2n) is 5.95. The maximum Gasteiger partial charge on any atom is 0.324 e. The number of fused-ring (bicyclic) bond motifs is 1. The van der Waals surface area contributed by atoms with Gasteiger partial charge in [0.1, 0.15) is 17.6 Å². The van der Waals surface area contributed by atoms with Crippen LogP contribution < -0.4 is 10.6 Å². The molecule has 4 aromatic rings. The predicted molar refractivity (Wildman–Crippen MR) is 98.9 cm³/mol. The number of nitrogens with zero attached hydrogens (tertiary/aromatic N) is 3. The molecule has 0 aliphatic rings. The summed E-state index contributed by atoms with van der Waals surface area (Å²) in [6.45, 7) is 1.97. The van der Waals surface area contributed by atoms with E-state index in [1.807, 2.05) is 25.3 Å². The molecule has 0 bridgehead atoms. The Bertz CT molecular complexity index is 1110. The summed E-state index contributed by atoms with van der Waals surface area (Å²) >= 11 is 0. The minimum Gasteiger partial charge on any atom is -0.363 e. The van der Waals surface area contributed by atoms with Crippen molar-refractivity contribution < 1.29 is 14.1 Å². The highest BCUT2D eigenvalue weighted by molar-refractivity contribution is 6.08. The standard InChI is InChI=1S/C19H15N5O3/c1-12-6-8-24-15(11-20-17(24)10-12)18(25)13-2-4-14(5-3-13)21-19(26)22-16-7-9-27-23-16/h2-11H,1H3,(H2,21,22,23,26). The summed E-state index contributed by atoms with van der Waals surface area (Å²) in [7, 11) is 0. The van der Waals surface area contributed by atoms with Crippen LogP contribution in [0.3, 0.4) is 0 Å². The number of pyridine rings is 1. The number of urea groups is 1. The van der Waals surface area contributed by atoms with Crippen molar-refractivity contribution in [3.05, 3.63) is 77.9 Å². The van der Waals surface area contributed by atoms with Gasteiger partial charge in [-0.1, -0.05) is 5.16 Å². The van der Waals surface area contributed by atoms with E-state index in [0.717, 1.165) is 11.2 Å². The number of carbonyl (C=O) groups is 2. The van der Waals surface area contributed by atoms with Crippen LogP contribution >= 0.6 is 0 Å². The molecule has 2 amide bonds. The molecule has 1 aromatic carbocycles. The summed E-state index contributed by atoms with van der Waals surface area (Å²) in [5, 5.41) is 8.77. The Kier molecular flexibility index (Phi) is 4.13. The Morgan fingerprint density at radius 1 is 1.07 bits per heavy atom. The number of hydrogen-bond acceptors (Lipinski definition) is 5. The van der Waals surface area contributed by atoms with Crippen molar-refractivity contribution >= 4 is 29.0 Å². The molecule has 134 valence electrons. The normalized spacial score (nSPS) is 10.7. The maximum absolute atomic E-state index is 12.8. The number of nitrogens with one attached hydrogen (secondary N) is 2. The lowest BCUT2D eigenvalue weighted by Gasteiger charge is -2.06. The second-order valence-corrected chi connectivity index (χ2v) is 5.95. The predicted octanol–water partition coefficient (Wildman–Crippen LogP) is 3.51. The number of imidazole rings is 1. The number of carbonyl (C=O) groups excluding carboxylic acids is 2. The second kappa shape index (κ2) is 6.75. The van der Waals surface area contributed by atoms with Crippen LogP contribution in [-0.2, 0) is 0 Å². The number of amides is 2. The van der Waals surface area contributed by atoms with Crippen LogP contribution in [0.2, 0.25) is 0 Å². The SMILES string of the molecule is Cc1ccn2c(C(=O)c3ccc(NC(=O)Nc4ccon4)cc3)cnc2c1. The van der Waals surface area contributed by atoms with E-state index in [4.69, 9.17) is 0 Å². The Balaban J connectivity index is 1.49. The van der Waals surface area contributed by atoms with E-state index >= 15 is 0 Å². The highest BCUT2D eigenvalue weighted by Crippen LogP contribution is 2.16. The summed E-state index contributed by atoms with van der Waals surface area (Å²) in [6.07, 6.45) is 4.75. The molecule has 0 fully saturated rings. The fraction of sp³-hybridized carbons (Fsp3) is 0.0526. The summed E-state index contributed by atoms with van der Waals surface area (Å²) in [5.74, 6) is 0.159. The van der Waals surface area contributed by atoms with Gasteiger partial charge in [0.15, 0.2) is 5.82 Å². The number of rotatable bonds is 4. The molecular formula is C19H15N5O3. The van der Waals surface area contributed by atoms with Gasteiger partial charge in [0, 0.05) is 23.5 Å². The number of aryl methyl sites for hydroxylation is 1. The van der Waals surface area contributed by atoms with Crippen LogP contribution in [0, 0.1) is 6.92 Å². The lowest BCUT2D eigenvalue weighted by molar-refractivity contribution is 0.103. The van der Waals surface area contributed by atoms with Crippen molar-refractivity contribution in [1.82, 2.24) is 14.5 Å². The highest BCUT2D eigenvalue weighted by Gasteiger charge is 2.14. The first kappa shape index (κ1) is 16.5. The lowest BCUT2D eigenvalue weighted by Crippen LogP contribution is -2.19. The fourth-order valence-corrected chi connectivity index (χ4v) is 2.66. The number of hydrogen-bond donors (Lipinski definition) is 2. The van der Waals surface area contributed by atoms with Gasteiger partial charge in [0.05, 0.1) is 6.20 Å². The Morgan fingerprint density at radius 3 is 2.63 bits per heavy atom. The molecule has 0 spiro atoms. The van der Waals surface area contributed by atoms with Gasteiger partial charge in [0.2, 0.25) is 5.78 Å². The van der Waals surface area contributed by atoms with Crippen LogP contribution in [0.1, 0.15) is 21.6 Å². The van der Waals surface area contributed by atoms with E-state index in [-0.39, 0.29) is 5.78 Å². The molecule has 0 unspecified atom stereocenters. The van der Waals surface area contributed by atoms with Gasteiger partial charge in [-0.2, -0.15) is 0 Å². The zero-order chi connectivity index (χ0) is 18.8. The monoisotopic (exact) mass is 361 g/mol. The van der Waals surface area contributed by atoms with E-state index in [0.29, 0.717) is 22.8 Å². The molecule has 3 heterocycles. The van der Waals surface area contributed by atoms with E-state index in [2.05, 4.69) is 25.3 Å². The van der Waals surface area contributed by atoms with E-state index in [9.17, 15) is 9.59 Å². The summed E-state index contributed by atoms with van der Waals surface area (Å²) in [6, 6.07) is 11.5. The average molecular weight is 361 g/mol. The first-order valence-electron chi connectivity index (χ1n) is 8.17. The first-order valence-corrected chi connectivity index (χ1v) is 8.17. The molecule has 2 N–H and O–H groups in total. The number of anilines is 2. The van der Waals surface area contributed by atoms with Crippen LogP contribution in [0.5, 0.6) is 0 Å². The van der Waals surface area contributed by atoms with Crippen molar-refractivity contribution in [3.63, 3.8) is 0 Å². The van der Waals surface area contributed by atoms with Gasteiger partial charge in [-0.3, -0.25) is 14.5 Å². The smallest absolute Gasteiger partial charge is 0.324 e. The molecule has 0 saturated heterocycles. The summed E-state index contributed by atoms with van der Waals surface area (Å²) < 4.78 is 6.40. The molecular weight excluding hydrogens is 346 g/mol. The zero-order valence-electron chi connectivity index (χ0n) is 14.3. The maximum atomic E-state index is 12.8. The molecule has 0 saturated carbocycles. The molecule has 0 aliphatic carbocycles. The van der Waals surface area contributed by atoms with Gasteiger partial charge in [-0.15, -0.1) is 0 Å². The first-order chi connectivity index (χ1) is 13.1. The molecule has 0 aliphatic heterocycles. The topological polar surface area (TPSA) is 102 Å². The molecule has 0 atom stereocenters. The Hall–Kier alpha value is -3.94. The Labute approximate surface area is 153 Å². The Morgan fingerprint density at radius 2 is 1.89 bits per heavy atom. The quantitative estimate of drug-likeness (QED) is 0.542. The molecule has 8 nitrogen and oxygen atoms in total. The van der Waals surface area contributed by atoms with Crippen LogP contribution in [0.15, 0.2) is 65.6 Å². The third-order valence-electron chi connectivity index (χ3n) is 3.99. The number of benzene rings is 1. The number of aromatic nitrogens is 3. The number of ketones is 1. The summed E-state index contributed by atoms with van der Waals surface area (Å²) in [4.78, 5) is 28.9. The van der Waals surface area contributed by atoms with Crippen LogP contribution in [-0.4, -0.2) is 26.4 Å². The van der Waals surface area contributed by atoms with Crippen molar-refractivity contribution in [2.75, 3.05) is 10.6 Å². The third-order valence-corrected chi connectivity index (χ3v) is 3.99. The van der Waals surface area contributed by atoms with Gasteiger partial charge < -0.3 is 9.84 Å². The van der Waals surface area contributed by atoms with Gasteiger partial charge in [0.25, 0.3) is 0 Å². The molecule has 27 heavy (non-hydrogen) atoms. The summed E-state index contributed by atoms with van der Waals surface area (Å²) in [5.41, 5.74) is 3.32. The van der Waals surface area contributed by atoms with Crippen LogP contribution in [0.4, 0.5) is 16.3 Å². The van der Waals surface area contributed by atoms with Crippen molar-refractivity contribution in [3.8, 4) is 0 Å². The minimum absolute atomic E-state index is 0.148. The molecule has 3 aromatic heterocycles. The van der Waals surface area contributed by atoms with Crippen molar-refractivity contribution in [1.29, 1.82) is 0 Å². The van der Waals surface area contributed by atoms with Crippen molar-refractivity contribution in [2.45, 2.75) is 6.92 Å². The third kappa shape index (κ3) is 3.40. The zero-order valence-corrected chi connectivity index (χ0v) is 14.3. The minimum atomic E-state index is -0.458. The van der Waals surface area contributed by atoms with E-state index in [1.165, 1.54) is 12.3 Å². The van der Waals surface area contributed by atoms with Gasteiger partial charge in [-0.05, 0) is 48.9 Å². The molecule has 4 rings (SSSR count). The van der Waals surface area contributed by atoms with Crippen molar-refractivity contribution in [2.24, 2.45) is 0 Å².